The molecule has 1 saturated carbocycles. The first kappa shape index (κ1) is 24.2. The Morgan fingerprint density at radius 1 is 1.11 bits per heavy atom. The summed E-state index contributed by atoms with van der Waals surface area (Å²) in [5, 5.41) is 2.77. The predicted molar refractivity (Wildman–Crippen MR) is 126 cm³/mol. The van der Waals surface area contributed by atoms with Gasteiger partial charge in [-0.15, -0.1) is 0 Å². The molecule has 1 aliphatic carbocycles. The van der Waals surface area contributed by atoms with Crippen molar-refractivity contribution in [2.45, 2.75) is 44.2 Å². The molecule has 4 rings (SSSR count). The zero-order valence-corrected chi connectivity index (χ0v) is 19.0. The molecule has 1 unspecified atom stereocenters. The zero-order valence-electron chi connectivity index (χ0n) is 19.0. The Bertz CT molecular complexity index is 1250. The SMILES string of the molecule is CC(=O)O[C@H]1CC[C@@H](c2ccncc2NC(=O)c2nc(-c3c(F)cccc3F)ccc2N)CC1N. The van der Waals surface area contributed by atoms with Crippen LogP contribution in [0, 0.1) is 11.6 Å². The van der Waals surface area contributed by atoms with Gasteiger partial charge in [-0.1, -0.05) is 6.07 Å². The largest absolute Gasteiger partial charge is 0.461 e. The molecule has 1 amide bonds. The lowest BCUT2D eigenvalue weighted by atomic mass is 9.80. The maximum Gasteiger partial charge on any atom is 0.302 e. The Morgan fingerprint density at radius 2 is 1.86 bits per heavy atom. The maximum absolute atomic E-state index is 14.2. The summed E-state index contributed by atoms with van der Waals surface area (Å²) in [6, 6.07) is 7.64. The molecule has 3 aromatic rings. The minimum atomic E-state index is -0.802. The van der Waals surface area contributed by atoms with Crippen LogP contribution in [0.3, 0.4) is 0 Å². The van der Waals surface area contributed by atoms with E-state index in [1.165, 1.54) is 31.3 Å². The minimum absolute atomic E-state index is 0.000686. The summed E-state index contributed by atoms with van der Waals surface area (Å²) >= 11 is 0. The van der Waals surface area contributed by atoms with Gasteiger partial charge in [0.2, 0.25) is 0 Å². The number of hydrogen-bond donors (Lipinski definition) is 3. The number of carbonyl (C=O) groups excluding carboxylic acids is 2. The van der Waals surface area contributed by atoms with Crippen LogP contribution in [0.4, 0.5) is 20.2 Å². The number of nitrogens with zero attached hydrogens (tertiary/aromatic N) is 2. The molecule has 0 bridgehead atoms. The lowest BCUT2D eigenvalue weighted by Crippen LogP contribution is -2.42. The third-order valence-electron chi connectivity index (χ3n) is 6.05. The van der Waals surface area contributed by atoms with Gasteiger partial charge < -0.3 is 21.5 Å². The monoisotopic (exact) mass is 481 g/mol. The molecule has 2 heterocycles. The number of esters is 1. The quantitative estimate of drug-likeness (QED) is 0.472. The fraction of sp³-hybridized carbons (Fsp3) is 0.280. The van der Waals surface area contributed by atoms with Gasteiger partial charge in [-0.2, -0.15) is 0 Å². The molecule has 3 atom stereocenters. The maximum atomic E-state index is 14.2. The van der Waals surface area contributed by atoms with E-state index in [4.69, 9.17) is 16.2 Å². The second kappa shape index (κ2) is 10.1. The number of amides is 1. The molecule has 8 nitrogen and oxygen atoms in total. The lowest BCUT2D eigenvalue weighted by molar-refractivity contribution is -0.148. The summed E-state index contributed by atoms with van der Waals surface area (Å²) in [4.78, 5) is 32.7. The van der Waals surface area contributed by atoms with Crippen molar-refractivity contribution >= 4 is 23.3 Å². The average molecular weight is 482 g/mol. The number of benzene rings is 1. The molecule has 10 heteroatoms. The average Bonchev–Trinajstić information content (AvgIpc) is 2.81. The van der Waals surface area contributed by atoms with Crippen LogP contribution in [-0.2, 0) is 9.53 Å². The molecule has 182 valence electrons. The van der Waals surface area contributed by atoms with E-state index < -0.39 is 17.5 Å². The minimum Gasteiger partial charge on any atom is -0.461 e. The third-order valence-corrected chi connectivity index (χ3v) is 6.05. The summed E-state index contributed by atoms with van der Waals surface area (Å²) in [5.74, 6) is -2.62. The number of pyridine rings is 2. The van der Waals surface area contributed by atoms with E-state index in [0.717, 1.165) is 17.7 Å². The van der Waals surface area contributed by atoms with Gasteiger partial charge in [0.25, 0.3) is 5.91 Å². The van der Waals surface area contributed by atoms with E-state index in [1.54, 1.807) is 12.3 Å². The highest BCUT2D eigenvalue weighted by Gasteiger charge is 2.32. The van der Waals surface area contributed by atoms with Crippen LogP contribution in [0.2, 0.25) is 0 Å². The van der Waals surface area contributed by atoms with E-state index in [0.29, 0.717) is 24.9 Å². The van der Waals surface area contributed by atoms with Crippen LogP contribution in [0.5, 0.6) is 0 Å². The number of nitrogens with one attached hydrogen (secondary N) is 1. The fourth-order valence-corrected chi connectivity index (χ4v) is 4.40. The summed E-state index contributed by atoms with van der Waals surface area (Å²) in [5.41, 5.74) is 13.0. The van der Waals surface area contributed by atoms with E-state index in [2.05, 4.69) is 15.3 Å². The first-order valence-electron chi connectivity index (χ1n) is 11.1. The van der Waals surface area contributed by atoms with Crippen molar-refractivity contribution in [2.75, 3.05) is 11.1 Å². The first-order valence-corrected chi connectivity index (χ1v) is 11.1. The Hall–Kier alpha value is -3.92. The fourth-order valence-electron chi connectivity index (χ4n) is 4.40. The normalized spacial score (nSPS) is 19.7. The van der Waals surface area contributed by atoms with E-state index >= 15 is 0 Å². The van der Waals surface area contributed by atoms with Gasteiger partial charge in [-0.05, 0) is 61.1 Å². The van der Waals surface area contributed by atoms with Crippen molar-refractivity contribution in [3.63, 3.8) is 0 Å². The zero-order chi connectivity index (χ0) is 25.1. The van der Waals surface area contributed by atoms with Crippen molar-refractivity contribution in [2.24, 2.45) is 5.73 Å². The second-order valence-electron chi connectivity index (χ2n) is 8.47. The van der Waals surface area contributed by atoms with Gasteiger partial charge in [-0.3, -0.25) is 14.6 Å². The standard InChI is InChI=1S/C25H25F2N5O3/c1-13(33)35-22-8-5-14(11-19(22)29)15-9-10-30-12-21(15)32-25(34)24-18(28)6-7-20(31-24)23-16(26)3-2-4-17(23)27/h2-4,6-7,9-10,12,14,19,22H,5,8,11,28-29H2,1H3,(H,32,34)/t14-,19?,22+/m1/s1. The molecule has 5 N–H and O–H groups in total. The Kier molecular flexibility index (Phi) is 7.02. The molecule has 1 aliphatic rings. The number of halogens is 2. The third kappa shape index (κ3) is 5.27. The summed E-state index contributed by atoms with van der Waals surface area (Å²) in [7, 11) is 0. The number of hydrogen-bond acceptors (Lipinski definition) is 7. The van der Waals surface area contributed by atoms with Gasteiger partial charge in [0.05, 0.1) is 28.8 Å². The van der Waals surface area contributed by atoms with Crippen LogP contribution in [0.1, 0.15) is 48.2 Å². The topological polar surface area (TPSA) is 133 Å². The van der Waals surface area contributed by atoms with Gasteiger partial charge >= 0.3 is 5.97 Å². The van der Waals surface area contributed by atoms with Gasteiger partial charge in [0.1, 0.15) is 17.7 Å². The molecule has 0 aliphatic heterocycles. The summed E-state index contributed by atoms with van der Waals surface area (Å²) in [6.07, 6.45) is 4.60. The Labute approximate surface area is 200 Å². The smallest absolute Gasteiger partial charge is 0.302 e. The number of carbonyl (C=O) groups is 2. The van der Waals surface area contributed by atoms with Crippen LogP contribution in [-0.4, -0.2) is 34.0 Å². The van der Waals surface area contributed by atoms with Crippen molar-refractivity contribution in [3.8, 4) is 11.3 Å². The molecule has 0 radical (unpaired) electrons. The van der Waals surface area contributed by atoms with Crippen LogP contribution in [0.25, 0.3) is 11.3 Å². The molecule has 2 aromatic heterocycles. The van der Waals surface area contributed by atoms with Crippen molar-refractivity contribution in [1.82, 2.24) is 9.97 Å². The van der Waals surface area contributed by atoms with E-state index in [9.17, 15) is 18.4 Å². The highest BCUT2D eigenvalue weighted by molar-refractivity contribution is 6.06. The molecule has 0 saturated heterocycles. The molecule has 35 heavy (non-hydrogen) atoms. The predicted octanol–water partition coefficient (Wildman–Crippen LogP) is 3.78. The van der Waals surface area contributed by atoms with Crippen LogP contribution in [0.15, 0.2) is 48.8 Å². The first-order chi connectivity index (χ1) is 16.7. The number of nitrogen functional groups attached to an aromatic ring is 1. The summed E-state index contributed by atoms with van der Waals surface area (Å²) < 4.78 is 33.8. The second-order valence-corrected chi connectivity index (χ2v) is 8.47. The van der Waals surface area contributed by atoms with Crippen molar-refractivity contribution < 1.29 is 23.1 Å². The Morgan fingerprint density at radius 3 is 2.54 bits per heavy atom. The number of nitrogens with two attached hydrogens (primary N) is 2. The molecular formula is C25H25F2N5O3. The summed E-state index contributed by atoms with van der Waals surface area (Å²) in [6.45, 7) is 1.35. The number of aromatic nitrogens is 2. The van der Waals surface area contributed by atoms with Crippen molar-refractivity contribution in [3.05, 3.63) is 71.7 Å². The van der Waals surface area contributed by atoms with Gasteiger partial charge in [0, 0.05) is 19.2 Å². The Balaban J connectivity index is 1.58. The van der Waals surface area contributed by atoms with E-state index in [-0.39, 0.29) is 46.7 Å². The highest BCUT2D eigenvalue weighted by atomic mass is 19.1. The van der Waals surface area contributed by atoms with Gasteiger partial charge in [0.15, 0.2) is 5.69 Å². The highest BCUT2D eigenvalue weighted by Crippen LogP contribution is 2.37. The molecule has 0 spiro atoms. The molecule has 1 fully saturated rings. The molecular weight excluding hydrogens is 456 g/mol. The number of ether oxygens (including phenoxy) is 1. The van der Waals surface area contributed by atoms with Gasteiger partial charge in [-0.25, -0.2) is 13.8 Å². The number of anilines is 2. The number of rotatable bonds is 5. The van der Waals surface area contributed by atoms with Crippen molar-refractivity contribution in [1.29, 1.82) is 0 Å². The van der Waals surface area contributed by atoms with Crippen LogP contribution < -0.4 is 16.8 Å². The molecule has 1 aromatic carbocycles. The van der Waals surface area contributed by atoms with Crippen LogP contribution >= 0.6 is 0 Å². The lowest BCUT2D eigenvalue weighted by Gasteiger charge is -2.34. The van der Waals surface area contributed by atoms with E-state index in [1.807, 2.05) is 0 Å².